The van der Waals surface area contributed by atoms with Crippen LogP contribution in [-0.2, 0) is 16.0 Å². The minimum absolute atomic E-state index is 0.410. The summed E-state index contributed by atoms with van der Waals surface area (Å²) in [5, 5.41) is 0. The molecular weight excluding hydrogens is 258 g/mol. The lowest BCUT2D eigenvalue weighted by atomic mass is 10.1. The van der Waals surface area contributed by atoms with Gasteiger partial charge in [-0.3, -0.25) is 15.1 Å². The average Bonchev–Trinajstić information content (AvgIpc) is 2.75. The number of rotatable bonds is 1. The standard InChI is InChI=1S/C14H19N3O3/c1-14(2,3)20-13(19)17-10-7-5-4-6-9(10)8-11(17)12(18)16-15/h4-7,11H,8,15H2,1-3H3,(H,16,18). The first-order chi connectivity index (χ1) is 9.33. The number of hydrogen-bond donors (Lipinski definition) is 2. The van der Waals surface area contributed by atoms with E-state index in [1.54, 1.807) is 26.8 Å². The van der Waals surface area contributed by atoms with Crippen LogP contribution in [0.4, 0.5) is 10.5 Å². The summed E-state index contributed by atoms with van der Waals surface area (Å²) in [5.74, 6) is 4.79. The summed E-state index contributed by atoms with van der Waals surface area (Å²) in [5.41, 5.74) is 3.09. The summed E-state index contributed by atoms with van der Waals surface area (Å²) in [6.45, 7) is 5.35. The third-order valence-electron chi connectivity index (χ3n) is 3.01. The van der Waals surface area contributed by atoms with Gasteiger partial charge < -0.3 is 4.74 Å². The van der Waals surface area contributed by atoms with E-state index in [2.05, 4.69) is 5.43 Å². The van der Waals surface area contributed by atoms with Crippen LogP contribution >= 0.6 is 0 Å². The quantitative estimate of drug-likeness (QED) is 0.461. The first-order valence-corrected chi connectivity index (χ1v) is 6.44. The number of para-hydroxylation sites is 1. The van der Waals surface area contributed by atoms with E-state index in [9.17, 15) is 9.59 Å². The van der Waals surface area contributed by atoms with E-state index in [0.717, 1.165) is 5.56 Å². The molecule has 1 aromatic carbocycles. The number of carbonyl (C=O) groups is 2. The van der Waals surface area contributed by atoms with E-state index in [0.29, 0.717) is 12.1 Å². The van der Waals surface area contributed by atoms with Gasteiger partial charge in [-0.2, -0.15) is 0 Å². The van der Waals surface area contributed by atoms with E-state index in [4.69, 9.17) is 10.6 Å². The molecule has 2 rings (SSSR count). The highest BCUT2D eigenvalue weighted by Gasteiger charge is 2.40. The molecule has 108 valence electrons. The molecule has 0 radical (unpaired) electrons. The van der Waals surface area contributed by atoms with Crippen LogP contribution in [0.3, 0.4) is 0 Å². The molecular formula is C14H19N3O3. The molecule has 20 heavy (non-hydrogen) atoms. The van der Waals surface area contributed by atoms with Gasteiger partial charge in [0.15, 0.2) is 0 Å². The third kappa shape index (κ3) is 2.75. The number of anilines is 1. The van der Waals surface area contributed by atoms with Crippen molar-refractivity contribution in [1.82, 2.24) is 5.43 Å². The zero-order chi connectivity index (χ0) is 14.9. The molecule has 1 unspecified atom stereocenters. The Balaban J connectivity index is 2.34. The largest absolute Gasteiger partial charge is 0.443 e. The Kier molecular flexibility index (Phi) is 3.67. The number of nitrogens with one attached hydrogen (secondary N) is 1. The van der Waals surface area contributed by atoms with Gasteiger partial charge in [0.1, 0.15) is 11.6 Å². The zero-order valence-electron chi connectivity index (χ0n) is 11.8. The van der Waals surface area contributed by atoms with Crippen LogP contribution in [0.2, 0.25) is 0 Å². The lowest BCUT2D eigenvalue weighted by Crippen LogP contribution is -2.51. The number of nitrogens with two attached hydrogens (primary N) is 1. The van der Waals surface area contributed by atoms with Gasteiger partial charge in [-0.05, 0) is 32.4 Å². The highest BCUT2D eigenvalue weighted by atomic mass is 16.6. The predicted molar refractivity (Wildman–Crippen MR) is 75.0 cm³/mol. The molecule has 2 amide bonds. The maximum Gasteiger partial charge on any atom is 0.415 e. The van der Waals surface area contributed by atoms with Gasteiger partial charge in [0, 0.05) is 6.42 Å². The summed E-state index contributed by atoms with van der Waals surface area (Å²) in [4.78, 5) is 25.6. The number of fused-ring (bicyclic) bond motifs is 1. The Morgan fingerprint density at radius 2 is 2.00 bits per heavy atom. The zero-order valence-corrected chi connectivity index (χ0v) is 11.8. The molecule has 6 nitrogen and oxygen atoms in total. The summed E-state index contributed by atoms with van der Waals surface area (Å²) in [6, 6.07) is 6.69. The molecule has 0 saturated heterocycles. The minimum atomic E-state index is -0.674. The van der Waals surface area contributed by atoms with Crippen molar-refractivity contribution in [1.29, 1.82) is 0 Å². The molecule has 0 aromatic heterocycles. The van der Waals surface area contributed by atoms with Crippen LogP contribution in [0.1, 0.15) is 26.3 Å². The van der Waals surface area contributed by atoms with E-state index in [1.807, 2.05) is 18.2 Å². The fraction of sp³-hybridized carbons (Fsp3) is 0.429. The average molecular weight is 277 g/mol. The Hall–Kier alpha value is -2.08. The number of amides is 2. The summed E-state index contributed by atoms with van der Waals surface area (Å²) < 4.78 is 5.37. The molecule has 1 heterocycles. The fourth-order valence-corrected chi connectivity index (χ4v) is 2.23. The molecule has 1 aliphatic heterocycles. The van der Waals surface area contributed by atoms with Gasteiger partial charge in [-0.25, -0.2) is 10.6 Å². The molecule has 1 atom stereocenters. The van der Waals surface area contributed by atoms with Crippen LogP contribution < -0.4 is 16.2 Å². The highest BCUT2D eigenvalue weighted by molar-refractivity contribution is 6.00. The lowest BCUT2D eigenvalue weighted by molar-refractivity contribution is -0.122. The third-order valence-corrected chi connectivity index (χ3v) is 3.01. The summed E-state index contributed by atoms with van der Waals surface area (Å²) in [6.07, 6.45) is -0.116. The van der Waals surface area contributed by atoms with Gasteiger partial charge in [0.2, 0.25) is 0 Å². The first-order valence-electron chi connectivity index (χ1n) is 6.44. The van der Waals surface area contributed by atoms with Crippen molar-refractivity contribution in [2.24, 2.45) is 5.84 Å². The van der Waals surface area contributed by atoms with E-state index < -0.39 is 23.6 Å². The molecule has 0 bridgehead atoms. The van der Waals surface area contributed by atoms with Crippen molar-refractivity contribution in [3.8, 4) is 0 Å². The number of nitrogens with zero attached hydrogens (tertiary/aromatic N) is 1. The van der Waals surface area contributed by atoms with E-state index in [1.165, 1.54) is 4.90 Å². The Labute approximate surface area is 117 Å². The van der Waals surface area contributed by atoms with Gasteiger partial charge in [-0.15, -0.1) is 0 Å². The van der Waals surface area contributed by atoms with Crippen molar-refractivity contribution in [3.63, 3.8) is 0 Å². The van der Waals surface area contributed by atoms with Crippen LogP contribution in [0.15, 0.2) is 24.3 Å². The highest BCUT2D eigenvalue weighted by Crippen LogP contribution is 2.33. The van der Waals surface area contributed by atoms with Gasteiger partial charge in [0.05, 0.1) is 5.69 Å². The van der Waals surface area contributed by atoms with Crippen molar-refractivity contribution in [3.05, 3.63) is 29.8 Å². The number of hydrogen-bond acceptors (Lipinski definition) is 4. The number of carbonyl (C=O) groups excluding carboxylic acids is 2. The van der Waals surface area contributed by atoms with Crippen LogP contribution in [0, 0.1) is 0 Å². The minimum Gasteiger partial charge on any atom is -0.443 e. The predicted octanol–water partition coefficient (Wildman–Crippen LogP) is 1.34. The van der Waals surface area contributed by atoms with Crippen molar-refractivity contribution in [2.45, 2.75) is 38.8 Å². The van der Waals surface area contributed by atoms with Gasteiger partial charge in [0.25, 0.3) is 5.91 Å². The van der Waals surface area contributed by atoms with Gasteiger partial charge in [-0.1, -0.05) is 18.2 Å². The monoisotopic (exact) mass is 277 g/mol. The second kappa shape index (κ2) is 5.13. The number of ether oxygens (including phenoxy) is 1. The molecule has 6 heteroatoms. The molecule has 0 saturated carbocycles. The molecule has 1 aliphatic rings. The fourth-order valence-electron chi connectivity index (χ4n) is 2.23. The Morgan fingerprint density at radius 3 is 2.60 bits per heavy atom. The number of hydrazine groups is 1. The molecule has 0 fully saturated rings. The molecule has 0 aliphatic carbocycles. The van der Waals surface area contributed by atoms with Crippen LogP contribution in [0.5, 0.6) is 0 Å². The van der Waals surface area contributed by atoms with Crippen LogP contribution in [-0.4, -0.2) is 23.6 Å². The normalized spacial score (nSPS) is 17.6. The second-order valence-corrected chi connectivity index (χ2v) is 5.71. The lowest BCUT2D eigenvalue weighted by Gasteiger charge is -2.28. The maximum absolute atomic E-state index is 12.3. The van der Waals surface area contributed by atoms with Crippen LogP contribution in [0.25, 0.3) is 0 Å². The second-order valence-electron chi connectivity index (χ2n) is 5.71. The van der Waals surface area contributed by atoms with Crippen molar-refractivity contribution >= 4 is 17.7 Å². The number of benzene rings is 1. The summed E-state index contributed by atoms with van der Waals surface area (Å²) >= 11 is 0. The SMILES string of the molecule is CC(C)(C)OC(=O)N1c2ccccc2CC1C(=O)NN. The molecule has 1 aromatic rings. The smallest absolute Gasteiger partial charge is 0.415 e. The Morgan fingerprint density at radius 1 is 1.35 bits per heavy atom. The van der Waals surface area contributed by atoms with Gasteiger partial charge >= 0.3 is 6.09 Å². The van der Waals surface area contributed by atoms with E-state index >= 15 is 0 Å². The first kappa shape index (κ1) is 14.3. The maximum atomic E-state index is 12.3. The van der Waals surface area contributed by atoms with Crippen molar-refractivity contribution < 1.29 is 14.3 Å². The summed E-state index contributed by atoms with van der Waals surface area (Å²) in [7, 11) is 0. The van der Waals surface area contributed by atoms with Crippen molar-refractivity contribution in [2.75, 3.05) is 4.90 Å². The van der Waals surface area contributed by atoms with E-state index in [-0.39, 0.29) is 0 Å². The molecule has 0 spiro atoms. The Bertz CT molecular complexity index is 537. The molecule has 3 N–H and O–H groups in total. The topological polar surface area (TPSA) is 84.7 Å².